The van der Waals surface area contributed by atoms with Crippen LogP contribution in [0, 0.1) is 0 Å². The summed E-state index contributed by atoms with van der Waals surface area (Å²) in [4.78, 5) is 11.5. The van der Waals surface area contributed by atoms with Gasteiger partial charge in [0.15, 0.2) is 0 Å². The number of thioether (sulfide) groups is 1. The summed E-state index contributed by atoms with van der Waals surface area (Å²) in [6.45, 7) is -0.972. The van der Waals surface area contributed by atoms with Gasteiger partial charge in [0.25, 0.3) is 0 Å². The maximum absolute atomic E-state index is 12.5. The summed E-state index contributed by atoms with van der Waals surface area (Å²) < 4.78 is 24.3. The van der Waals surface area contributed by atoms with Crippen molar-refractivity contribution in [1.82, 2.24) is 0 Å². The van der Waals surface area contributed by atoms with E-state index in [1.165, 1.54) is 0 Å². The molecule has 1 nitrogen and oxygen atoms in total. The normalized spacial score (nSPS) is 12.4. The molecule has 1 atom stereocenters. The molecule has 0 aliphatic rings. The maximum atomic E-state index is 12.5. The quantitative estimate of drug-likeness (QED) is 0.772. The lowest BCUT2D eigenvalue weighted by Gasteiger charge is -2.02. The molecule has 0 aromatic heterocycles. The van der Waals surface area contributed by atoms with E-state index >= 15 is 0 Å². The molecule has 1 unspecified atom stereocenters. The van der Waals surface area contributed by atoms with Crippen molar-refractivity contribution in [3.05, 3.63) is 35.9 Å². The van der Waals surface area contributed by atoms with E-state index in [0.717, 1.165) is 11.8 Å². The number of benzene rings is 1. The molecule has 0 heterocycles. The van der Waals surface area contributed by atoms with Crippen LogP contribution in [0.25, 0.3) is 0 Å². The largest absolute Gasteiger partial charge is 0.282 e. The Kier molecular flexibility index (Phi) is 5.32. The first-order valence-electron chi connectivity index (χ1n) is 4.66. The van der Waals surface area contributed by atoms with Gasteiger partial charge in [-0.1, -0.05) is 42.1 Å². The fraction of sp³-hybridized carbons (Fsp3) is 0.364. The Balaban J connectivity index is 2.31. The highest BCUT2D eigenvalue weighted by Crippen LogP contribution is 2.14. The summed E-state index contributed by atoms with van der Waals surface area (Å²) in [5.41, 5.74) is 0.596. The first-order valence-corrected chi connectivity index (χ1v) is 5.65. The molecular weight excluding hydrogens is 218 g/mol. The van der Waals surface area contributed by atoms with E-state index in [1.54, 1.807) is 24.3 Å². The van der Waals surface area contributed by atoms with Crippen molar-refractivity contribution < 1.29 is 13.6 Å². The molecule has 1 rings (SSSR count). The molecule has 0 saturated heterocycles. The zero-order valence-corrected chi connectivity index (χ0v) is 8.97. The van der Waals surface area contributed by atoms with Crippen LogP contribution in [-0.2, 0) is 0 Å². The van der Waals surface area contributed by atoms with Gasteiger partial charge in [-0.05, 0) is 6.42 Å². The van der Waals surface area contributed by atoms with Gasteiger partial charge >= 0.3 is 0 Å². The molecule has 15 heavy (non-hydrogen) atoms. The Labute approximate surface area is 91.9 Å². The van der Waals surface area contributed by atoms with Crippen molar-refractivity contribution >= 4 is 16.9 Å². The minimum atomic E-state index is -1.44. The average Bonchev–Trinajstić information content (AvgIpc) is 2.29. The summed E-state index contributed by atoms with van der Waals surface area (Å²) >= 11 is 1.03. The van der Waals surface area contributed by atoms with Crippen LogP contribution in [-0.4, -0.2) is 23.7 Å². The summed E-state index contributed by atoms with van der Waals surface area (Å²) in [6.07, 6.45) is -1.36. The Morgan fingerprint density at radius 1 is 1.33 bits per heavy atom. The highest BCUT2D eigenvalue weighted by atomic mass is 32.2. The highest BCUT2D eigenvalue weighted by molar-refractivity contribution is 8.14. The lowest BCUT2D eigenvalue weighted by atomic mass is 10.2. The highest BCUT2D eigenvalue weighted by Gasteiger charge is 2.09. The molecule has 0 N–H and O–H groups in total. The first kappa shape index (κ1) is 12.2. The topological polar surface area (TPSA) is 17.1 Å². The number of carbonyl (C=O) groups is 1. The van der Waals surface area contributed by atoms with Crippen molar-refractivity contribution in [2.45, 2.75) is 12.6 Å². The second kappa shape index (κ2) is 6.56. The third-order valence-corrected chi connectivity index (χ3v) is 2.78. The average molecular weight is 230 g/mol. The van der Waals surface area contributed by atoms with Gasteiger partial charge in [-0.15, -0.1) is 0 Å². The van der Waals surface area contributed by atoms with Crippen LogP contribution in [0.3, 0.4) is 0 Å². The van der Waals surface area contributed by atoms with Gasteiger partial charge < -0.3 is 0 Å². The lowest BCUT2D eigenvalue weighted by molar-refractivity contribution is 0.108. The fourth-order valence-electron chi connectivity index (χ4n) is 1.01. The van der Waals surface area contributed by atoms with Gasteiger partial charge in [-0.25, -0.2) is 8.78 Å². The Morgan fingerprint density at radius 3 is 2.60 bits per heavy atom. The van der Waals surface area contributed by atoms with Crippen molar-refractivity contribution in [1.29, 1.82) is 0 Å². The fourth-order valence-corrected chi connectivity index (χ4v) is 1.88. The molecule has 0 aliphatic heterocycles. The second-order valence-electron chi connectivity index (χ2n) is 3.04. The minimum absolute atomic E-state index is 0.0831. The van der Waals surface area contributed by atoms with Crippen LogP contribution in [0.4, 0.5) is 8.78 Å². The number of hydrogen-bond donors (Lipinski definition) is 0. The molecule has 0 aliphatic carbocycles. The van der Waals surface area contributed by atoms with E-state index in [-0.39, 0.29) is 11.5 Å². The lowest BCUT2D eigenvalue weighted by Crippen LogP contribution is -2.05. The van der Waals surface area contributed by atoms with Gasteiger partial charge in [-0.2, -0.15) is 0 Å². The summed E-state index contributed by atoms with van der Waals surface area (Å²) in [7, 11) is 0. The predicted molar refractivity (Wildman–Crippen MR) is 58.7 cm³/mol. The zero-order chi connectivity index (χ0) is 11.1. The van der Waals surface area contributed by atoms with E-state index in [9.17, 15) is 13.6 Å². The molecule has 4 heteroatoms. The number of rotatable bonds is 5. The Bertz CT molecular complexity index is 303. The SMILES string of the molecule is O=C(SCCC(F)CF)c1ccccc1. The van der Waals surface area contributed by atoms with Crippen molar-refractivity contribution in [3.8, 4) is 0 Å². The van der Waals surface area contributed by atoms with Gasteiger partial charge in [0.05, 0.1) is 0 Å². The van der Waals surface area contributed by atoms with Crippen molar-refractivity contribution in [2.75, 3.05) is 12.4 Å². The van der Waals surface area contributed by atoms with Crippen molar-refractivity contribution in [2.24, 2.45) is 0 Å². The monoisotopic (exact) mass is 230 g/mol. The van der Waals surface area contributed by atoms with Crippen LogP contribution in [0.5, 0.6) is 0 Å². The Morgan fingerprint density at radius 2 is 2.00 bits per heavy atom. The standard InChI is InChI=1S/C11H12F2OS/c12-8-10(13)6-7-15-11(14)9-4-2-1-3-5-9/h1-5,10H,6-8H2. The van der Waals surface area contributed by atoms with E-state index in [4.69, 9.17) is 0 Å². The van der Waals surface area contributed by atoms with Gasteiger partial charge in [0.2, 0.25) is 5.12 Å². The van der Waals surface area contributed by atoms with Crippen molar-refractivity contribution in [3.63, 3.8) is 0 Å². The van der Waals surface area contributed by atoms with E-state index < -0.39 is 12.8 Å². The number of hydrogen-bond acceptors (Lipinski definition) is 2. The van der Waals surface area contributed by atoms with Gasteiger partial charge in [0, 0.05) is 11.3 Å². The second-order valence-corrected chi connectivity index (χ2v) is 4.11. The molecular formula is C11H12F2OS. The van der Waals surface area contributed by atoms with E-state index in [1.807, 2.05) is 6.07 Å². The molecule has 0 bridgehead atoms. The number of carbonyl (C=O) groups excluding carboxylic acids is 1. The molecule has 0 fully saturated rings. The van der Waals surface area contributed by atoms with Crippen LogP contribution in [0.1, 0.15) is 16.8 Å². The third kappa shape index (κ3) is 4.42. The molecule has 1 aromatic rings. The van der Waals surface area contributed by atoms with E-state index in [0.29, 0.717) is 11.3 Å². The van der Waals surface area contributed by atoms with Gasteiger partial charge in [0.1, 0.15) is 12.8 Å². The van der Waals surface area contributed by atoms with Crippen LogP contribution in [0.2, 0.25) is 0 Å². The number of alkyl halides is 2. The van der Waals surface area contributed by atoms with Crippen LogP contribution < -0.4 is 0 Å². The summed E-state index contributed by atoms with van der Waals surface area (Å²) in [5, 5.41) is -0.0957. The van der Waals surface area contributed by atoms with Crippen LogP contribution >= 0.6 is 11.8 Å². The summed E-state index contributed by atoms with van der Waals surface area (Å²) in [5.74, 6) is 0.318. The predicted octanol–water partition coefficient (Wildman–Crippen LogP) is 3.26. The molecule has 0 spiro atoms. The molecule has 0 saturated carbocycles. The minimum Gasteiger partial charge on any atom is -0.282 e. The van der Waals surface area contributed by atoms with Gasteiger partial charge in [-0.3, -0.25) is 4.79 Å². The molecule has 0 amide bonds. The summed E-state index contributed by atoms with van der Waals surface area (Å²) in [6, 6.07) is 8.78. The number of halogens is 2. The third-order valence-electron chi connectivity index (χ3n) is 1.84. The molecule has 1 aromatic carbocycles. The maximum Gasteiger partial charge on any atom is 0.219 e. The van der Waals surface area contributed by atoms with Crippen LogP contribution in [0.15, 0.2) is 30.3 Å². The smallest absolute Gasteiger partial charge is 0.219 e. The molecule has 82 valence electrons. The molecule has 0 radical (unpaired) electrons. The Hall–Kier alpha value is -0.900. The first-order chi connectivity index (χ1) is 7.24. The zero-order valence-electron chi connectivity index (χ0n) is 8.16. The van der Waals surface area contributed by atoms with E-state index in [2.05, 4.69) is 0 Å².